The number of nitrogen functional groups attached to an aromatic ring is 1. The van der Waals surface area contributed by atoms with E-state index in [2.05, 4.69) is 32.9 Å². The van der Waals surface area contributed by atoms with Gasteiger partial charge in [0.1, 0.15) is 0 Å². The Hall–Kier alpha value is -1.80. The molecule has 0 amide bonds. The third-order valence-electron chi connectivity index (χ3n) is 3.70. The quantitative estimate of drug-likeness (QED) is 0.792. The van der Waals surface area contributed by atoms with E-state index >= 15 is 0 Å². The lowest BCUT2D eigenvalue weighted by Gasteiger charge is -2.18. The zero-order valence-corrected chi connectivity index (χ0v) is 11.2. The predicted molar refractivity (Wildman–Crippen MR) is 77.5 cm³/mol. The lowest BCUT2D eigenvalue weighted by Crippen LogP contribution is -2.14. The molecule has 2 nitrogen and oxygen atoms in total. The van der Waals surface area contributed by atoms with Crippen LogP contribution >= 0.6 is 0 Å². The molecule has 0 aromatic heterocycles. The molecule has 94 valence electrons. The van der Waals surface area contributed by atoms with Crippen molar-refractivity contribution in [2.75, 3.05) is 5.73 Å². The molecule has 2 rings (SSSR count). The molecule has 1 unspecified atom stereocenters. The summed E-state index contributed by atoms with van der Waals surface area (Å²) in [5, 5.41) is 0. The van der Waals surface area contributed by atoms with Gasteiger partial charge in [-0.05, 0) is 60.7 Å². The maximum absolute atomic E-state index is 6.35. The summed E-state index contributed by atoms with van der Waals surface area (Å²) in [6.45, 7) is 6.39. The van der Waals surface area contributed by atoms with E-state index in [1.165, 1.54) is 22.3 Å². The molecule has 18 heavy (non-hydrogen) atoms. The Kier molecular flexibility index (Phi) is 3.39. The van der Waals surface area contributed by atoms with Gasteiger partial charge < -0.3 is 11.5 Å². The summed E-state index contributed by atoms with van der Waals surface area (Å²) in [6, 6.07) is 11.9. The minimum Gasteiger partial charge on any atom is -0.399 e. The molecular weight excluding hydrogens is 220 g/mol. The van der Waals surface area contributed by atoms with E-state index in [1.54, 1.807) is 0 Å². The molecule has 0 bridgehead atoms. The summed E-state index contributed by atoms with van der Waals surface area (Å²) in [5.74, 6) is 0. The van der Waals surface area contributed by atoms with Gasteiger partial charge in [-0.2, -0.15) is 0 Å². The molecule has 2 heteroatoms. The number of aryl methyl sites for hydroxylation is 1. The van der Waals surface area contributed by atoms with Crippen LogP contribution in [0.1, 0.15) is 33.9 Å². The van der Waals surface area contributed by atoms with Crippen LogP contribution in [0.3, 0.4) is 0 Å². The number of rotatable bonds is 2. The largest absolute Gasteiger partial charge is 0.399 e. The molecule has 4 N–H and O–H groups in total. The van der Waals surface area contributed by atoms with E-state index in [4.69, 9.17) is 11.5 Å². The maximum atomic E-state index is 6.35. The van der Waals surface area contributed by atoms with Crippen molar-refractivity contribution in [2.45, 2.75) is 26.8 Å². The van der Waals surface area contributed by atoms with E-state index in [0.29, 0.717) is 0 Å². The molecule has 0 aliphatic carbocycles. The summed E-state index contributed by atoms with van der Waals surface area (Å²) in [6.07, 6.45) is 0. The van der Waals surface area contributed by atoms with Gasteiger partial charge in [0.25, 0.3) is 0 Å². The van der Waals surface area contributed by atoms with Gasteiger partial charge in [-0.15, -0.1) is 0 Å². The highest BCUT2D eigenvalue weighted by Gasteiger charge is 2.13. The molecule has 0 radical (unpaired) electrons. The van der Waals surface area contributed by atoms with Gasteiger partial charge in [0.15, 0.2) is 0 Å². The fourth-order valence-corrected chi connectivity index (χ4v) is 2.25. The Morgan fingerprint density at radius 3 is 2.33 bits per heavy atom. The fourth-order valence-electron chi connectivity index (χ4n) is 2.25. The molecule has 0 aliphatic rings. The third kappa shape index (κ3) is 2.24. The molecule has 0 fully saturated rings. The van der Waals surface area contributed by atoms with Gasteiger partial charge in [0.2, 0.25) is 0 Å². The van der Waals surface area contributed by atoms with E-state index in [1.807, 2.05) is 24.3 Å². The second-order valence-electron chi connectivity index (χ2n) is 4.87. The van der Waals surface area contributed by atoms with Crippen LogP contribution in [-0.4, -0.2) is 0 Å². The van der Waals surface area contributed by atoms with E-state index < -0.39 is 0 Å². The first kappa shape index (κ1) is 12.7. The van der Waals surface area contributed by atoms with Gasteiger partial charge >= 0.3 is 0 Å². The first-order chi connectivity index (χ1) is 8.50. The van der Waals surface area contributed by atoms with Crippen LogP contribution in [0.4, 0.5) is 5.69 Å². The van der Waals surface area contributed by atoms with E-state index in [9.17, 15) is 0 Å². The number of benzene rings is 2. The highest BCUT2D eigenvalue weighted by Crippen LogP contribution is 2.27. The Morgan fingerprint density at radius 2 is 1.67 bits per heavy atom. The van der Waals surface area contributed by atoms with E-state index in [-0.39, 0.29) is 6.04 Å². The Balaban J connectivity index is 2.46. The second kappa shape index (κ2) is 4.83. The predicted octanol–water partition coefficient (Wildman–Crippen LogP) is 3.24. The molecule has 0 aliphatic heterocycles. The monoisotopic (exact) mass is 240 g/mol. The van der Waals surface area contributed by atoms with Crippen LogP contribution in [0.25, 0.3) is 0 Å². The van der Waals surface area contributed by atoms with Crippen LogP contribution in [0.15, 0.2) is 36.4 Å². The van der Waals surface area contributed by atoms with Crippen molar-refractivity contribution in [1.29, 1.82) is 0 Å². The van der Waals surface area contributed by atoms with Crippen molar-refractivity contribution in [2.24, 2.45) is 5.73 Å². The minimum atomic E-state index is -0.118. The number of hydrogen-bond donors (Lipinski definition) is 2. The van der Waals surface area contributed by atoms with E-state index in [0.717, 1.165) is 11.3 Å². The Bertz CT molecular complexity index is 573. The summed E-state index contributed by atoms with van der Waals surface area (Å²) in [5.41, 5.74) is 19.0. The number of hydrogen-bond acceptors (Lipinski definition) is 2. The topological polar surface area (TPSA) is 52.0 Å². The molecule has 1 atom stereocenters. The molecular formula is C16H20N2. The van der Waals surface area contributed by atoms with Crippen molar-refractivity contribution < 1.29 is 0 Å². The lowest BCUT2D eigenvalue weighted by molar-refractivity contribution is 0.858. The molecule has 0 heterocycles. The Labute approximate surface area is 109 Å². The van der Waals surface area contributed by atoms with Gasteiger partial charge in [-0.25, -0.2) is 0 Å². The normalized spacial score (nSPS) is 12.4. The van der Waals surface area contributed by atoms with Crippen molar-refractivity contribution >= 4 is 5.69 Å². The maximum Gasteiger partial charge on any atom is 0.0555 e. The van der Waals surface area contributed by atoms with Crippen molar-refractivity contribution in [3.05, 3.63) is 64.2 Å². The molecule has 0 spiro atoms. The zero-order chi connectivity index (χ0) is 13.3. The molecule has 0 saturated carbocycles. The average molecular weight is 240 g/mol. The zero-order valence-electron chi connectivity index (χ0n) is 11.2. The SMILES string of the molecule is Cc1ccc(C(N)c2cccc(N)c2)c(C)c1C. The van der Waals surface area contributed by atoms with Crippen LogP contribution in [0, 0.1) is 20.8 Å². The second-order valence-corrected chi connectivity index (χ2v) is 4.87. The number of anilines is 1. The van der Waals surface area contributed by atoms with Gasteiger partial charge in [0.05, 0.1) is 6.04 Å². The summed E-state index contributed by atoms with van der Waals surface area (Å²) >= 11 is 0. The third-order valence-corrected chi connectivity index (χ3v) is 3.70. The van der Waals surface area contributed by atoms with Crippen LogP contribution in [0.5, 0.6) is 0 Å². The summed E-state index contributed by atoms with van der Waals surface area (Å²) in [7, 11) is 0. The summed E-state index contributed by atoms with van der Waals surface area (Å²) in [4.78, 5) is 0. The average Bonchev–Trinajstić information content (AvgIpc) is 2.35. The highest BCUT2D eigenvalue weighted by atomic mass is 14.6. The molecule has 2 aromatic rings. The molecule has 0 saturated heterocycles. The minimum absolute atomic E-state index is 0.118. The van der Waals surface area contributed by atoms with Crippen molar-refractivity contribution in [3.63, 3.8) is 0 Å². The van der Waals surface area contributed by atoms with Gasteiger partial charge in [-0.3, -0.25) is 0 Å². The van der Waals surface area contributed by atoms with Gasteiger partial charge in [-0.1, -0.05) is 24.3 Å². The highest BCUT2D eigenvalue weighted by molar-refractivity contribution is 5.47. The fraction of sp³-hybridized carbons (Fsp3) is 0.250. The van der Waals surface area contributed by atoms with Gasteiger partial charge in [0, 0.05) is 5.69 Å². The first-order valence-electron chi connectivity index (χ1n) is 6.18. The van der Waals surface area contributed by atoms with Crippen LogP contribution in [0.2, 0.25) is 0 Å². The smallest absolute Gasteiger partial charge is 0.0555 e. The van der Waals surface area contributed by atoms with Crippen LogP contribution < -0.4 is 11.5 Å². The number of nitrogens with two attached hydrogens (primary N) is 2. The Morgan fingerprint density at radius 1 is 0.944 bits per heavy atom. The van der Waals surface area contributed by atoms with Crippen molar-refractivity contribution in [3.8, 4) is 0 Å². The van der Waals surface area contributed by atoms with Crippen LogP contribution in [-0.2, 0) is 0 Å². The van der Waals surface area contributed by atoms with Crippen molar-refractivity contribution in [1.82, 2.24) is 0 Å². The standard InChI is InChI=1S/C16H20N2/c1-10-7-8-15(12(3)11(10)2)16(18)13-5-4-6-14(17)9-13/h4-9,16H,17-18H2,1-3H3. The summed E-state index contributed by atoms with van der Waals surface area (Å²) < 4.78 is 0. The lowest BCUT2D eigenvalue weighted by atomic mass is 9.91. The molecule has 2 aromatic carbocycles. The first-order valence-corrected chi connectivity index (χ1v) is 6.18.